The highest BCUT2D eigenvalue weighted by Crippen LogP contribution is 2.17. The van der Waals surface area contributed by atoms with E-state index in [4.69, 9.17) is 0 Å². The zero-order valence-electron chi connectivity index (χ0n) is 10.2. The molecule has 1 aromatic rings. The van der Waals surface area contributed by atoms with Gasteiger partial charge in [-0.15, -0.1) is 0 Å². The lowest BCUT2D eigenvalue weighted by Gasteiger charge is -2.15. The summed E-state index contributed by atoms with van der Waals surface area (Å²) < 4.78 is 26.2. The third-order valence-electron chi connectivity index (χ3n) is 2.84. The van der Waals surface area contributed by atoms with Crippen molar-refractivity contribution in [2.75, 3.05) is 13.1 Å². The molecule has 17 heavy (non-hydrogen) atoms. The van der Waals surface area contributed by atoms with Crippen LogP contribution in [-0.4, -0.2) is 18.2 Å². The Morgan fingerprint density at radius 3 is 2.65 bits per heavy atom. The van der Waals surface area contributed by atoms with Crippen molar-refractivity contribution in [1.82, 2.24) is 5.32 Å². The Morgan fingerprint density at radius 1 is 1.29 bits per heavy atom. The largest absolute Gasteiger partial charge is 0.387 e. The monoisotopic (exact) mass is 243 g/mol. The van der Waals surface area contributed by atoms with Crippen molar-refractivity contribution in [3.05, 3.63) is 35.4 Å². The van der Waals surface area contributed by atoms with E-state index in [0.29, 0.717) is 5.92 Å². The third kappa shape index (κ3) is 4.40. The van der Waals surface area contributed by atoms with E-state index < -0.39 is 17.7 Å². The molecular formula is C13H19F2NO. The van der Waals surface area contributed by atoms with E-state index in [2.05, 4.69) is 19.2 Å². The first-order valence-corrected chi connectivity index (χ1v) is 5.88. The maximum Gasteiger partial charge on any atom is 0.129 e. The number of hydrogen-bond acceptors (Lipinski definition) is 2. The predicted octanol–water partition coefficient (Wildman–Crippen LogP) is 2.63. The molecule has 1 aromatic carbocycles. The van der Waals surface area contributed by atoms with Gasteiger partial charge in [0.15, 0.2) is 0 Å². The smallest absolute Gasteiger partial charge is 0.129 e. The molecule has 0 aromatic heterocycles. The first-order valence-electron chi connectivity index (χ1n) is 5.88. The molecule has 0 radical (unpaired) electrons. The molecule has 0 bridgehead atoms. The lowest BCUT2D eigenvalue weighted by atomic mass is 10.1. The fraction of sp³-hybridized carbons (Fsp3) is 0.538. The van der Waals surface area contributed by atoms with Crippen molar-refractivity contribution in [2.45, 2.75) is 26.4 Å². The normalized spacial score (nSPS) is 14.6. The second kappa shape index (κ2) is 6.67. The number of nitrogens with one attached hydrogen (secondary N) is 1. The summed E-state index contributed by atoms with van der Waals surface area (Å²) >= 11 is 0. The van der Waals surface area contributed by atoms with Crippen molar-refractivity contribution < 1.29 is 13.9 Å². The van der Waals surface area contributed by atoms with Crippen LogP contribution in [0.3, 0.4) is 0 Å². The van der Waals surface area contributed by atoms with Gasteiger partial charge in [0.25, 0.3) is 0 Å². The highest BCUT2D eigenvalue weighted by Gasteiger charge is 2.13. The summed E-state index contributed by atoms with van der Waals surface area (Å²) in [7, 11) is 0. The van der Waals surface area contributed by atoms with Gasteiger partial charge in [0, 0.05) is 12.1 Å². The van der Waals surface area contributed by atoms with E-state index in [1.54, 1.807) is 0 Å². The Hall–Kier alpha value is -1.00. The van der Waals surface area contributed by atoms with Crippen molar-refractivity contribution >= 4 is 0 Å². The number of benzene rings is 1. The van der Waals surface area contributed by atoms with Crippen LogP contribution in [0, 0.1) is 17.6 Å². The highest BCUT2D eigenvalue weighted by atomic mass is 19.1. The van der Waals surface area contributed by atoms with Gasteiger partial charge in [0.05, 0.1) is 6.10 Å². The molecule has 0 aliphatic carbocycles. The van der Waals surface area contributed by atoms with Crippen LogP contribution in [-0.2, 0) is 0 Å². The number of halogens is 2. The first-order chi connectivity index (χ1) is 8.04. The number of rotatable bonds is 6. The molecule has 2 N–H and O–H groups in total. The molecule has 0 spiro atoms. The number of aliphatic hydroxyl groups is 1. The second-order valence-electron chi connectivity index (χ2n) is 4.35. The topological polar surface area (TPSA) is 32.3 Å². The van der Waals surface area contributed by atoms with Crippen molar-refractivity contribution in [1.29, 1.82) is 0 Å². The Kier molecular flexibility index (Phi) is 5.51. The quantitative estimate of drug-likeness (QED) is 0.805. The summed E-state index contributed by atoms with van der Waals surface area (Å²) in [4.78, 5) is 0. The minimum Gasteiger partial charge on any atom is -0.387 e. The summed E-state index contributed by atoms with van der Waals surface area (Å²) in [6.07, 6.45) is 0.0204. The molecule has 96 valence electrons. The van der Waals surface area contributed by atoms with Crippen LogP contribution < -0.4 is 5.32 Å². The van der Waals surface area contributed by atoms with Gasteiger partial charge < -0.3 is 10.4 Å². The molecule has 0 aliphatic rings. The van der Waals surface area contributed by atoms with Crippen LogP contribution in [0.5, 0.6) is 0 Å². The Labute approximate surface area is 101 Å². The van der Waals surface area contributed by atoms with Crippen LogP contribution in [0.4, 0.5) is 8.78 Å². The number of aliphatic hydroxyl groups excluding tert-OH is 1. The highest BCUT2D eigenvalue weighted by molar-refractivity contribution is 5.21. The SMILES string of the molecule is CCC(C)CNCC(O)c1cc(F)ccc1F. The van der Waals surface area contributed by atoms with Gasteiger partial charge in [-0.2, -0.15) is 0 Å². The molecule has 2 nitrogen and oxygen atoms in total. The lowest BCUT2D eigenvalue weighted by molar-refractivity contribution is 0.168. The van der Waals surface area contributed by atoms with Crippen LogP contribution in [0.2, 0.25) is 0 Å². The van der Waals surface area contributed by atoms with Crippen molar-refractivity contribution in [3.63, 3.8) is 0 Å². The van der Waals surface area contributed by atoms with Gasteiger partial charge in [-0.05, 0) is 30.7 Å². The zero-order valence-corrected chi connectivity index (χ0v) is 10.2. The van der Waals surface area contributed by atoms with E-state index in [1.165, 1.54) is 0 Å². The van der Waals surface area contributed by atoms with Crippen LogP contribution >= 0.6 is 0 Å². The first kappa shape index (κ1) is 14.1. The molecule has 1 rings (SSSR count). The van der Waals surface area contributed by atoms with E-state index in [-0.39, 0.29) is 12.1 Å². The van der Waals surface area contributed by atoms with Crippen molar-refractivity contribution in [3.8, 4) is 0 Å². The fourth-order valence-electron chi connectivity index (χ4n) is 1.49. The zero-order chi connectivity index (χ0) is 12.8. The van der Waals surface area contributed by atoms with Crippen LogP contribution in [0.1, 0.15) is 31.9 Å². The molecule has 0 heterocycles. The van der Waals surface area contributed by atoms with E-state index in [0.717, 1.165) is 31.2 Å². The maximum atomic E-state index is 13.3. The molecule has 0 saturated carbocycles. The molecular weight excluding hydrogens is 224 g/mol. The Morgan fingerprint density at radius 2 is 2.00 bits per heavy atom. The molecule has 0 amide bonds. The molecule has 2 unspecified atom stereocenters. The van der Waals surface area contributed by atoms with Crippen LogP contribution in [0.25, 0.3) is 0 Å². The fourth-order valence-corrected chi connectivity index (χ4v) is 1.49. The summed E-state index contributed by atoms with van der Waals surface area (Å²) in [5.41, 5.74) is 0.00153. The molecule has 0 saturated heterocycles. The van der Waals surface area contributed by atoms with Gasteiger partial charge in [-0.1, -0.05) is 20.3 Å². The van der Waals surface area contributed by atoms with Gasteiger partial charge >= 0.3 is 0 Å². The average molecular weight is 243 g/mol. The van der Waals surface area contributed by atoms with Gasteiger partial charge in [-0.3, -0.25) is 0 Å². The summed E-state index contributed by atoms with van der Waals surface area (Å²) in [6.45, 7) is 5.15. The molecule has 2 atom stereocenters. The van der Waals surface area contributed by atoms with Gasteiger partial charge in [-0.25, -0.2) is 8.78 Å². The maximum absolute atomic E-state index is 13.3. The predicted molar refractivity (Wildman–Crippen MR) is 63.6 cm³/mol. The minimum atomic E-state index is -1.02. The van der Waals surface area contributed by atoms with E-state index >= 15 is 0 Å². The van der Waals surface area contributed by atoms with E-state index in [1.807, 2.05) is 0 Å². The second-order valence-corrected chi connectivity index (χ2v) is 4.35. The van der Waals surface area contributed by atoms with Gasteiger partial charge in [0.2, 0.25) is 0 Å². The average Bonchev–Trinajstić information content (AvgIpc) is 2.31. The van der Waals surface area contributed by atoms with Gasteiger partial charge in [0.1, 0.15) is 11.6 Å². The Bertz CT molecular complexity index is 357. The number of hydrogen-bond donors (Lipinski definition) is 2. The summed E-state index contributed by atoms with van der Waals surface area (Å²) in [5, 5.41) is 12.8. The van der Waals surface area contributed by atoms with Crippen LogP contribution in [0.15, 0.2) is 18.2 Å². The standard InChI is InChI=1S/C13H19F2NO/c1-3-9(2)7-16-8-13(17)11-6-10(14)4-5-12(11)15/h4-6,9,13,16-17H,3,7-8H2,1-2H3. The molecule has 4 heteroatoms. The summed E-state index contributed by atoms with van der Waals surface area (Å²) in [5.74, 6) is -0.619. The van der Waals surface area contributed by atoms with Crippen molar-refractivity contribution in [2.24, 2.45) is 5.92 Å². The summed E-state index contributed by atoms with van der Waals surface area (Å²) in [6, 6.07) is 3.10. The third-order valence-corrected chi connectivity index (χ3v) is 2.84. The minimum absolute atomic E-state index is 0.00153. The molecule has 0 aliphatic heterocycles. The Balaban J connectivity index is 2.52. The van der Waals surface area contributed by atoms with E-state index in [9.17, 15) is 13.9 Å². The molecule has 0 fully saturated rings. The lowest BCUT2D eigenvalue weighted by Crippen LogP contribution is -2.26.